The molecule has 8 rings (SSSR count). The van der Waals surface area contributed by atoms with Gasteiger partial charge in [-0.1, -0.05) is 5.92 Å². The number of carbonyl (C=O) groups excluding carboxylic acids is 1. The Kier molecular flexibility index (Phi) is 9.60. The van der Waals surface area contributed by atoms with Crippen molar-refractivity contribution in [1.29, 1.82) is 0 Å². The topological polar surface area (TPSA) is 104 Å². The van der Waals surface area contributed by atoms with Crippen molar-refractivity contribution in [2.45, 2.75) is 69.5 Å². The number of aryl methyl sites for hydroxylation is 1. The lowest BCUT2D eigenvalue weighted by Gasteiger charge is -2.45. The number of alkyl halides is 4. The molecular formula is C37H35F7N6O3. The summed E-state index contributed by atoms with van der Waals surface area (Å²) in [6.45, 7) is 3.70. The average molecular weight is 745 g/mol. The largest absolute Gasteiger partial charge is 0.505 e. The lowest BCUT2D eigenvalue weighted by atomic mass is 9.82. The number of phenolic OH excluding ortho intramolecular Hbond substituents is 1. The standard InChI is InChI=1S/C30H23F6N5O3.C7H12FN/c1-4-16-19(31)6-5-17-22(16)18(9-20(42)23(17)32)25-24(33)26-21(12(2)37-25)28(40-29(39-26)44-3)41-10-14-7-13(8-15(11-41)38-14)27(43)30(34,35)36;8-6-4-7-2-1-3-9(7)5-6/h1,5-6,9,13-15,38,42H,7-8,10-11H2,2-3H3;6-7H,1-5H2. The Hall–Kier alpha value is -4.75. The van der Waals surface area contributed by atoms with Crippen molar-refractivity contribution in [2.24, 2.45) is 5.92 Å². The van der Waals surface area contributed by atoms with Gasteiger partial charge in [-0.15, -0.1) is 6.42 Å². The summed E-state index contributed by atoms with van der Waals surface area (Å²) in [5.41, 5.74) is -0.969. The van der Waals surface area contributed by atoms with Crippen molar-refractivity contribution in [3.05, 3.63) is 46.9 Å². The van der Waals surface area contributed by atoms with Crippen LogP contribution in [0.25, 0.3) is 32.9 Å². The second-order valence-corrected chi connectivity index (χ2v) is 14.0. The second kappa shape index (κ2) is 13.9. The molecular weight excluding hydrogens is 709 g/mol. The molecule has 2 N–H and O–H groups in total. The highest BCUT2D eigenvalue weighted by Crippen LogP contribution is 2.42. The monoisotopic (exact) mass is 744 g/mol. The molecule has 16 heteroatoms. The number of terminal acetylenes is 1. The van der Waals surface area contributed by atoms with Crippen molar-refractivity contribution >= 4 is 33.3 Å². The summed E-state index contributed by atoms with van der Waals surface area (Å²) in [5.74, 6) is -4.35. The molecule has 4 fully saturated rings. The molecule has 2 bridgehead atoms. The maximum atomic E-state index is 16.5. The Bertz CT molecular complexity index is 2130. The number of fused-ring (bicyclic) bond motifs is 5. The average Bonchev–Trinajstić information content (AvgIpc) is 3.71. The fourth-order valence-electron chi connectivity index (χ4n) is 8.34. The zero-order chi connectivity index (χ0) is 37.9. The predicted octanol–water partition coefficient (Wildman–Crippen LogP) is 6.15. The molecule has 2 aromatic heterocycles. The minimum atomic E-state index is -4.93. The number of piperazine rings is 1. The van der Waals surface area contributed by atoms with E-state index in [2.05, 4.69) is 31.1 Å². The highest BCUT2D eigenvalue weighted by molar-refractivity contribution is 6.03. The number of hydrogen-bond acceptors (Lipinski definition) is 9. The van der Waals surface area contributed by atoms with Gasteiger partial charge in [0, 0.05) is 60.0 Å². The van der Waals surface area contributed by atoms with Gasteiger partial charge < -0.3 is 20.1 Å². The van der Waals surface area contributed by atoms with Crippen molar-refractivity contribution in [3.8, 4) is 35.4 Å². The van der Waals surface area contributed by atoms with E-state index in [0.717, 1.165) is 31.2 Å². The van der Waals surface area contributed by atoms with E-state index in [0.29, 0.717) is 12.6 Å². The summed E-state index contributed by atoms with van der Waals surface area (Å²) in [7, 11) is 1.27. The Morgan fingerprint density at radius 3 is 2.40 bits per heavy atom. The van der Waals surface area contributed by atoms with E-state index in [9.17, 15) is 36.2 Å². The molecule has 280 valence electrons. The third-order valence-electron chi connectivity index (χ3n) is 10.6. The Morgan fingerprint density at radius 1 is 1.04 bits per heavy atom. The van der Waals surface area contributed by atoms with Crippen molar-refractivity contribution in [1.82, 2.24) is 25.2 Å². The van der Waals surface area contributed by atoms with E-state index in [1.165, 1.54) is 20.0 Å². The van der Waals surface area contributed by atoms with Gasteiger partial charge in [0.15, 0.2) is 17.4 Å². The number of aromatic hydroxyl groups is 1. The van der Waals surface area contributed by atoms with Crippen LogP contribution in [0.15, 0.2) is 18.2 Å². The quantitative estimate of drug-likeness (QED) is 0.188. The first-order valence-corrected chi connectivity index (χ1v) is 17.2. The molecule has 9 nitrogen and oxygen atoms in total. The second-order valence-electron chi connectivity index (χ2n) is 14.0. The van der Waals surface area contributed by atoms with Gasteiger partial charge >= 0.3 is 12.2 Å². The van der Waals surface area contributed by atoms with Crippen LogP contribution in [0.4, 0.5) is 36.6 Å². The van der Waals surface area contributed by atoms with E-state index in [1.807, 2.05) is 0 Å². The fourth-order valence-corrected chi connectivity index (χ4v) is 8.34. The molecule has 6 heterocycles. The van der Waals surface area contributed by atoms with Gasteiger partial charge in [0.05, 0.1) is 23.8 Å². The number of benzene rings is 2. The number of nitrogens with zero attached hydrogens (tertiary/aromatic N) is 5. The number of Topliss-reactive ketones (excluding diaryl/α,β-unsaturated/α-hetero) is 1. The van der Waals surface area contributed by atoms with E-state index in [-0.39, 0.29) is 76.3 Å². The minimum Gasteiger partial charge on any atom is -0.505 e. The molecule has 0 saturated carbocycles. The molecule has 4 saturated heterocycles. The van der Waals surface area contributed by atoms with Gasteiger partial charge in [0.2, 0.25) is 5.78 Å². The molecule has 4 unspecified atom stereocenters. The minimum absolute atomic E-state index is 0.0452. The number of ether oxygens (including phenoxy) is 1. The SMILES string of the molecule is C#Cc1c(F)ccc2c(F)c(O)cc(-c3nc(C)c4c(N5CC6CC(C(=O)C(F)(F)F)CC(C5)N6)nc(OC)nc4c3F)c12.FC1CC2CCCN2C1. The molecule has 0 amide bonds. The Morgan fingerprint density at radius 2 is 1.75 bits per heavy atom. The Balaban J connectivity index is 0.000000418. The van der Waals surface area contributed by atoms with Crippen LogP contribution < -0.4 is 15.0 Å². The third kappa shape index (κ3) is 6.69. The summed E-state index contributed by atoms with van der Waals surface area (Å²) >= 11 is 0. The van der Waals surface area contributed by atoms with Crippen LogP contribution in [-0.2, 0) is 4.79 Å². The highest BCUT2D eigenvalue weighted by Gasteiger charge is 2.48. The van der Waals surface area contributed by atoms with E-state index >= 15 is 4.39 Å². The number of hydrogen-bond donors (Lipinski definition) is 2. The number of anilines is 1. The van der Waals surface area contributed by atoms with Gasteiger partial charge in [-0.05, 0) is 63.8 Å². The fraction of sp³-hybridized carbons (Fsp3) is 0.459. The summed E-state index contributed by atoms with van der Waals surface area (Å²) in [6.07, 6.45) is 3.32. The molecule has 0 radical (unpaired) electrons. The molecule has 4 aromatic rings. The summed E-state index contributed by atoms with van der Waals surface area (Å²) in [6, 6.07) is 2.33. The number of nitrogens with one attached hydrogen (secondary N) is 1. The van der Waals surface area contributed by atoms with Crippen LogP contribution in [0.5, 0.6) is 11.8 Å². The van der Waals surface area contributed by atoms with Crippen molar-refractivity contribution in [2.75, 3.05) is 38.2 Å². The first kappa shape index (κ1) is 36.6. The van der Waals surface area contributed by atoms with Crippen molar-refractivity contribution in [3.63, 3.8) is 0 Å². The molecule has 4 aliphatic rings. The molecule has 0 aliphatic carbocycles. The number of rotatable bonds is 4. The molecule has 4 aliphatic heterocycles. The highest BCUT2D eigenvalue weighted by atomic mass is 19.4. The van der Waals surface area contributed by atoms with Gasteiger partial charge in [0.1, 0.15) is 29.0 Å². The predicted molar refractivity (Wildman–Crippen MR) is 182 cm³/mol. The van der Waals surface area contributed by atoms with Crippen LogP contribution in [0, 0.1) is 42.6 Å². The summed E-state index contributed by atoms with van der Waals surface area (Å²) < 4.78 is 103. The number of pyridine rings is 1. The molecule has 4 atom stereocenters. The van der Waals surface area contributed by atoms with Gasteiger partial charge in [-0.3, -0.25) is 9.69 Å². The summed E-state index contributed by atoms with van der Waals surface area (Å²) in [4.78, 5) is 29.0. The summed E-state index contributed by atoms with van der Waals surface area (Å²) in [5, 5.41) is 13.3. The smallest absolute Gasteiger partial charge is 0.450 e. The number of methoxy groups -OCH3 is 1. The molecule has 2 aromatic carbocycles. The lowest BCUT2D eigenvalue weighted by Crippen LogP contribution is -2.62. The van der Waals surface area contributed by atoms with E-state index in [4.69, 9.17) is 11.2 Å². The van der Waals surface area contributed by atoms with Crippen LogP contribution in [-0.4, -0.2) is 94.5 Å². The molecule has 0 spiro atoms. The van der Waals surface area contributed by atoms with E-state index < -0.39 is 65.0 Å². The van der Waals surface area contributed by atoms with Gasteiger partial charge in [-0.25, -0.2) is 22.5 Å². The number of ketones is 1. The van der Waals surface area contributed by atoms with Crippen LogP contribution in [0.1, 0.15) is 43.4 Å². The van der Waals surface area contributed by atoms with Crippen molar-refractivity contribution < 1.29 is 45.4 Å². The van der Waals surface area contributed by atoms with Crippen LogP contribution in [0.2, 0.25) is 0 Å². The Labute approximate surface area is 299 Å². The number of piperidine rings is 1. The first-order chi connectivity index (χ1) is 25.2. The lowest BCUT2D eigenvalue weighted by molar-refractivity contribution is -0.177. The van der Waals surface area contributed by atoms with E-state index in [1.54, 1.807) is 11.8 Å². The van der Waals surface area contributed by atoms with Crippen LogP contribution in [0.3, 0.4) is 0 Å². The van der Waals surface area contributed by atoms with Crippen LogP contribution >= 0.6 is 0 Å². The number of halogens is 7. The molecule has 53 heavy (non-hydrogen) atoms. The number of phenols is 1. The number of aromatic nitrogens is 3. The number of carbonyl (C=O) groups is 1. The maximum absolute atomic E-state index is 16.5. The maximum Gasteiger partial charge on any atom is 0.450 e. The first-order valence-electron chi connectivity index (χ1n) is 17.2. The zero-order valence-corrected chi connectivity index (χ0v) is 28.7. The van der Waals surface area contributed by atoms with Gasteiger partial charge in [-0.2, -0.15) is 23.1 Å². The van der Waals surface area contributed by atoms with Gasteiger partial charge in [0.25, 0.3) is 0 Å². The zero-order valence-electron chi connectivity index (χ0n) is 28.7. The normalized spacial score (nSPS) is 24.2. The third-order valence-corrected chi connectivity index (χ3v) is 10.6.